The zero-order chi connectivity index (χ0) is 26.7. The predicted octanol–water partition coefficient (Wildman–Crippen LogP) is 3.71. The summed E-state index contributed by atoms with van der Waals surface area (Å²) < 4.78 is 70.3. The minimum Gasteiger partial charge on any atom is -0.135 e. The summed E-state index contributed by atoms with van der Waals surface area (Å²) in [7, 11) is 0. The van der Waals surface area contributed by atoms with Crippen molar-refractivity contribution in [2.75, 3.05) is 0 Å². The van der Waals surface area contributed by atoms with Gasteiger partial charge in [-0.05, 0) is 12.1 Å². The van der Waals surface area contributed by atoms with E-state index in [1.165, 1.54) is 20.2 Å². The van der Waals surface area contributed by atoms with E-state index in [-0.39, 0.29) is 40.8 Å². The SMILES string of the molecule is [C-]#[O+].[C-]#[O+].[C-]#[O+].[C-]#[O+].[C-]#[O+].[C-]#[O+].[C-]#[O+].[C-]#[O+].[C-]#[O+].[Re].[Re].c1ccc2c(c1)sc1ccccc12. The Labute approximate surface area is 221 Å². The zero-order valence-corrected chi connectivity index (χ0v) is 22.2. The minimum atomic E-state index is 0. The average Bonchev–Trinajstić information content (AvgIpc) is 3.33. The monoisotopic (exact) mass is 810 g/mol. The number of hydrogen-bond donors (Lipinski definition) is 0. The van der Waals surface area contributed by atoms with Crippen LogP contribution in [0.15, 0.2) is 48.5 Å². The van der Waals surface area contributed by atoms with Crippen LogP contribution in [0.2, 0.25) is 0 Å². The number of fused-ring (bicyclic) bond motifs is 3. The molecule has 0 fully saturated rings. The molecule has 3 aromatic rings. The van der Waals surface area contributed by atoms with Crippen LogP contribution < -0.4 is 0 Å². The van der Waals surface area contributed by atoms with Crippen LogP contribution in [0.3, 0.4) is 0 Å². The Bertz CT molecular complexity index is 827. The Balaban J connectivity index is -0.0000000357. The smallest absolute Gasteiger partial charge is 0.0355 e. The van der Waals surface area contributed by atoms with Gasteiger partial charge in [-0.3, -0.25) is 0 Å². The van der Waals surface area contributed by atoms with Crippen molar-refractivity contribution in [2.24, 2.45) is 0 Å². The van der Waals surface area contributed by atoms with E-state index < -0.39 is 0 Å². The van der Waals surface area contributed by atoms with E-state index in [9.17, 15) is 0 Å². The minimum absolute atomic E-state index is 0. The third-order valence-corrected chi connectivity index (χ3v) is 3.44. The molecular formula is C21H8O9Re2S. The van der Waals surface area contributed by atoms with E-state index in [4.69, 9.17) is 41.9 Å². The van der Waals surface area contributed by atoms with Gasteiger partial charge in [0.25, 0.3) is 0 Å². The molecule has 0 spiro atoms. The number of benzene rings is 2. The maximum atomic E-state index is 7.50. The Kier molecular flexibility index (Phi) is 122. The van der Waals surface area contributed by atoms with Gasteiger partial charge in [-0.2, -0.15) is 0 Å². The third kappa shape index (κ3) is 29.6. The summed E-state index contributed by atoms with van der Waals surface area (Å²) in [5, 5.41) is 2.76. The van der Waals surface area contributed by atoms with E-state index in [1.807, 2.05) is 11.3 Å². The Morgan fingerprint density at radius 3 is 0.758 bits per heavy atom. The van der Waals surface area contributed by atoms with Gasteiger partial charge in [0.2, 0.25) is 0 Å². The van der Waals surface area contributed by atoms with Crippen LogP contribution in [-0.4, -0.2) is 0 Å². The van der Waals surface area contributed by atoms with Crippen molar-refractivity contribution < 1.29 is 82.7 Å². The fourth-order valence-electron chi connectivity index (χ4n) is 1.67. The van der Waals surface area contributed by atoms with E-state index in [2.05, 4.69) is 108 Å². The molecule has 33 heavy (non-hydrogen) atoms. The molecule has 1 heterocycles. The molecule has 0 saturated heterocycles. The molecule has 0 unspecified atom stereocenters. The first-order valence-corrected chi connectivity index (χ1v) is 6.97. The first-order valence-electron chi connectivity index (χ1n) is 6.15. The van der Waals surface area contributed by atoms with Crippen molar-refractivity contribution in [3.8, 4) is 0 Å². The standard InChI is InChI=1S/C12H8S.9CO.2Re/c1-3-7-11-9(5-1)10-6-2-4-8-12(10)13-11;9*1-2;;/h1-8H;;;;;;;;;;;. The van der Waals surface area contributed by atoms with Crippen molar-refractivity contribution >= 4 is 31.5 Å². The molecular weight excluding hydrogens is 801 g/mol. The predicted molar refractivity (Wildman–Crippen MR) is 94.7 cm³/mol. The molecule has 2 aromatic carbocycles. The second-order valence-corrected chi connectivity index (χ2v) is 4.18. The van der Waals surface area contributed by atoms with Crippen LogP contribution in [0.5, 0.6) is 0 Å². The molecule has 0 aliphatic heterocycles. The molecule has 1 aromatic heterocycles. The van der Waals surface area contributed by atoms with Gasteiger partial charge in [-0.25, -0.2) is 0 Å². The van der Waals surface area contributed by atoms with Gasteiger partial charge in [-0.1, -0.05) is 36.4 Å². The topological polar surface area (TPSA) is 179 Å². The van der Waals surface area contributed by atoms with Crippen LogP contribution in [0.4, 0.5) is 0 Å². The quantitative estimate of drug-likeness (QED) is 0.238. The van der Waals surface area contributed by atoms with Crippen molar-refractivity contribution in [3.63, 3.8) is 0 Å². The Morgan fingerprint density at radius 1 is 0.364 bits per heavy atom. The fraction of sp³-hybridized carbons (Fsp3) is 0. The molecule has 0 aliphatic rings. The van der Waals surface area contributed by atoms with Gasteiger partial charge in [0.05, 0.1) is 0 Å². The molecule has 12 heteroatoms. The van der Waals surface area contributed by atoms with Gasteiger partial charge in [0.15, 0.2) is 0 Å². The summed E-state index contributed by atoms with van der Waals surface area (Å²) in [5.74, 6) is 0. The molecule has 0 saturated carbocycles. The number of rotatable bonds is 0. The summed E-state index contributed by atoms with van der Waals surface area (Å²) in [6.07, 6.45) is 0. The normalized spacial score (nSPS) is 4.91. The van der Waals surface area contributed by atoms with Gasteiger partial charge < -0.3 is 0 Å². The summed E-state index contributed by atoms with van der Waals surface area (Å²) >= 11 is 1.86. The fourth-order valence-corrected chi connectivity index (χ4v) is 2.78. The first kappa shape index (κ1) is 57.5. The van der Waals surface area contributed by atoms with Gasteiger partial charge >= 0.3 is 102 Å². The van der Waals surface area contributed by atoms with Crippen LogP contribution in [0.1, 0.15) is 0 Å². The van der Waals surface area contributed by atoms with Crippen LogP contribution >= 0.6 is 11.3 Å². The summed E-state index contributed by atoms with van der Waals surface area (Å²) in [6, 6.07) is 17.1. The summed E-state index contributed by atoms with van der Waals surface area (Å²) in [5.41, 5.74) is 0. The number of hydrogen-bond acceptors (Lipinski definition) is 1. The Morgan fingerprint density at radius 2 is 0.545 bits per heavy atom. The van der Waals surface area contributed by atoms with Gasteiger partial charge in [-0.15, -0.1) is 11.3 Å². The molecule has 166 valence electrons. The van der Waals surface area contributed by atoms with Crippen LogP contribution in [0.25, 0.3) is 20.2 Å². The second kappa shape index (κ2) is 70.0. The molecule has 0 amide bonds. The van der Waals surface area contributed by atoms with Gasteiger partial charge in [0, 0.05) is 61.0 Å². The molecule has 0 N–H and O–H groups in total. The number of thiophene rings is 1. The molecule has 3 rings (SSSR count). The van der Waals surface area contributed by atoms with Crippen molar-refractivity contribution in [2.45, 2.75) is 0 Å². The zero-order valence-electron chi connectivity index (χ0n) is 16.0. The maximum Gasteiger partial charge on any atom is 0.0355 e. The van der Waals surface area contributed by atoms with Gasteiger partial charge in [0.1, 0.15) is 0 Å². The van der Waals surface area contributed by atoms with Crippen LogP contribution in [0, 0.1) is 59.9 Å². The van der Waals surface area contributed by atoms with Crippen molar-refractivity contribution in [3.05, 3.63) is 108 Å². The van der Waals surface area contributed by atoms with E-state index in [1.54, 1.807) is 0 Å². The van der Waals surface area contributed by atoms with Crippen LogP contribution in [-0.2, 0) is 82.7 Å². The third-order valence-electron chi connectivity index (χ3n) is 2.28. The molecule has 2 radical (unpaired) electrons. The molecule has 0 aliphatic carbocycles. The molecule has 9 nitrogen and oxygen atoms in total. The van der Waals surface area contributed by atoms with Crippen molar-refractivity contribution in [1.82, 2.24) is 0 Å². The molecule has 0 bridgehead atoms. The second-order valence-electron chi connectivity index (χ2n) is 3.09. The maximum absolute atomic E-state index is 7.50. The van der Waals surface area contributed by atoms with E-state index >= 15 is 0 Å². The molecule has 0 atom stereocenters. The summed E-state index contributed by atoms with van der Waals surface area (Å²) in [4.78, 5) is 0. The van der Waals surface area contributed by atoms with E-state index in [0.717, 1.165) is 0 Å². The largest absolute Gasteiger partial charge is 0.135 e. The Hall–Kier alpha value is -2.36. The van der Waals surface area contributed by atoms with E-state index in [0.29, 0.717) is 0 Å². The first-order chi connectivity index (χ1) is 15.4. The summed E-state index contributed by atoms with van der Waals surface area (Å²) in [6.45, 7) is 40.5. The van der Waals surface area contributed by atoms with Crippen molar-refractivity contribution in [1.29, 1.82) is 0 Å². The average molecular weight is 809 g/mol.